The van der Waals surface area contributed by atoms with Crippen molar-refractivity contribution in [3.05, 3.63) is 60.2 Å². The van der Waals surface area contributed by atoms with Crippen molar-refractivity contribution in [1.29, 1.82) is 0 Å². The van der Waals surface area contributed by atoms with Gasteiger partial charge in [0.15, 0.2) is 16.4 Å². The number of benzene rings is 2. The van der Waals surface area contributed by atoms with E-state index in [9.17, 15) is 18.0 Å². The molecule has 1 N–H and O–H groups in total. The van der Waals surface area contributed by atoms with Crippen molar-refractivity contribution in [2.75, 3.05) is 23.4 Å². The highest BCUT2D eigenvalue weighted by molar-refractivity contribution is 7.91. The third kappa shape index (κ3) is 5.30. The van der Waals surface area contributed by atoms with E-state index in [0.717, 1.165) is 25.7 Å². The second-order valence-corrected chi connectivity index (χ2v) is 10.6. The van der Waals surface area contributed by atoms with Gasteiger partial charge in [-0.25, -0.2) is 8.42 Å². The first-order valence-corrected chi connectivity index (χ1v) is 12.8. The molecular weight excluding hydrogens is 428 g/mol. The molecule has 0 spiro atoms. The Hall–Kier alpha value is -2.87. The fourth-order valence-electron chi connectivity index (χ4n) is 4.60. The molecule has 0 aromatic heterocycles. The molecule has 0 radical (unpaired) electrons. The summed E-state index contributed by atoms with van der Waals surface area (Å²) < 4.78 is 29.8. The molecule has 2 amide bonds. The summed E-state index contributed by atoms with van der Waals surface area (Å²) in [5.74, 6) is -0.0891. The smallest absolute Gasteiger partial charge is 0.261 e. The maximum Gasteiger partial charge on any atom is 0.261 e. The summed E-state index contributed by atoms with van der Waals surface area (Å²) in [6.45, 7) is -0.233. The molecule has 7 nitrogen and oxygen atoms in total. The number of para-hydroxylation sites is 2. The molecule has 170 valence electrons. The van der Waals surface area contributed by atoms with Crippen LogP contribution in [0.1, 0.15) is 42.5 Å². The molecule has 2 aliphatic rings. The molecule has 1 aliphatic heterocycles. The van der Waals surface area contributed by atoms with Gasteiger partial charge in [0.1, 0.15) is 5.75 Å². The normalized spacial score (nSPS) is 20.1. The van der Waals surface area contributed by atoms with Gasteiger partial charge in [-0.1, -0.05) is 43.2 Å². The molecule has 1 saturated carbocycles. The number of nitrogens with zero attached hydrogens (tertiary/aromatic N) is 1. The Labute approximate surface area is 188 Å². The van der Waals surface area contributed by atoms with Crippen molar-refractivity contribution in [3.8, 4) is 5.75 Å². The standard InChI is InChI=1S/C24H28N2O5S/c27-23(26(19-10-4-5-11-19)20-14-15-32(29,30)17-20)16-31-22-13-7-6-12-21(22)24(28)25-18-8-2-1-3-9-18/h1-3,6-9,12-13,19-20H,4-5,10-11,14-17H2,(H,25,28)/t20-/m0/s1. The van der Waals surface area contributed by atoms with Crippen LogP contribution in [0, 0.1) is 0 Å². The molecule has 2 aromatic carbocycles. The van der Waals surface area contributed by atoms with Crippen LogP contribution in [-0.2, 0) is 14.6 Å². The lowest BCUT2D eigenvalue weighted by Crippen LogP contribution is -2.48. The van der Waals surface area contributed by atoms with Gasteiger partial charge in [0.2, 0.25) is 0 Å². The summed E-state index contributed by atoms with van der Waals surface area (Å²) in [4.78, 5) is 27.7. The van der Waals surface area contributed by atoms with Crippen LogP contribution in [0.5, 0.6) is 5.75 Å². The van der Waals surface area contributed by atoms with E-state index < -0.39 is 9.84 Å². The second kappa shape index (κ2) is 9.73. The van der Waals surface area contributed by atoms with Crippen molar-refractivity contribution >= 4 is 27.3 Å². The Morgan fingerprint density at radius 2 is 1.62 bits per heavy atom. The van der Waals surface area contributed by atoms with Crippen LogP contribution in [0.15, 0.2) is 54.6 Å². The molecule has 1 heterocycles. The van der Waals surface area contributed by atoms with Crippen molar-refractivity contribution in [3.63, 3.8) is 0 Å². The van der Waals surface area contributed by atoms with E-state index >= 15 is 0 Å². The van der Waals surface area contributed by atoms with Crippen LogP contribution >= 0.6 is 0 Å². The number of carbonyl (C=O) groups excluding carboxylic acids is 2. The van der Waals surface area contributed by atoms with Crippen LogP contribution < -0.4 is 10.1 Å². The van der Waals surface area contributed by atoms with Gasteiger partial charge in [-0.2, -0.15) is 0 Å². The summed E-state index contributed by atoms with van der Waals surface area (Å²) >= 11 is 0. The second-order valence-electron chi connectivity index (χ2n) is 8.40. The maximum atomic E-state index is 13.2. The number of ether oxygens (including phenoxy) is 1. The molecule has 1 aliphatic carbocycles. The number of amides is 2. The predicted octanol–water partition coefficient (Wildman–Crippen LogP) is 3.28. The first kappa shape index (κ1) is 22.3. The fraction of sp³-hybridized carbons (Fsp3) is 0.417. The number of carbonyl (C=O) groups is 2. The first-order valence-electron chi connectivity index (χ1n) is 11.0. The summed E-state index contributed by atoms with van der Waals surface area (Å²) in [6, 6.07) is 15.7. The average Bonchev–Trinajstić information content (AvgIpc) is 3.43. The minimum Gasteiger partial charge on any atom is -0.483 e. The zero-order chi connectivity index (χ0) is 22.6. The molecule has 2 fully saturated rings. The van der Waals surface area contributed by atoms with Crippen molar-refractivity contribution in [1.82, 2.24) is 4.90 Å². The van der Waals surface area contributed by atoms with Gasteiger partial charge in [-0.3, -0.25) is 9.59 Å². The molecule has 1 saturated heterocycles. The van der Waals surface area contributed by atoms with Gasteiger partial charge in [0, 0.05) is 17.8 Å². The number of nitrogens with one attached hydrogen (secondary N) is 1. The summed E-state index contributed by atoms with van der Waals surface area (Å²) in [6.07, 6.45) is 4.33. The monoisotopic (exact) mass is 456 g/mol. The van der Waals surface area contributed by atoms with Crippen LogP contribution in [0.3, 0.4) is 0 Å². The van der Waals surface area contributed by atoms with Crippen molar-refractivity contribution in [2.24, 2.45) is 0 Å². The lowest BCUT2D eigenvalue weighted by molar-refractivity contribution is -0.137. The lowest BCUT2D eigenvalue weighted by Gasteiger charge is -2.34. The van der Waals surface area contributed by atoms with E-state index in [2.05, 4.69) is 5.32 Å². The topological polar surface area (TPSA) is 92.8 Å². The minimum absolute atomic E-state index is 0.0192. The van der Waals surface area contributed by atoms with Crippen LogP contribution in [0.25, 0.3) is 0 Å². The van der Waals surface area contributed by atoms with Gasteiger partial charge in [-0.15, -0.1) is 0 Å². The summed E-state index contributed by atoms with van der Waals surface area (Å²) in [5, 5.41) is 2.83. The van der Waals surface area contributed by atoms with Gasteiger partial charge in [0.05, 0.1) is 17.1 Å². The average molecular weight is 457 g/mol. The molecule has 2 aromatic rings. The van der Waals surface area contributed by atoms with Gasteiger partial charge in [0.25, 0.3) is 11.8 Å². The summed E-state index contributed by atoms with van der Waals surface area (Å²) in [5.41, 5.74) is 0.998. The van der Waals surface area contributed by atoms with Gasteiger partial charge in [-0.05, 0) is 43.5 Å². The molecule has 1 atom stereocenters. The first-order chi connectivity index (χ1) is 15.4. The SMILES string of the molecule is O=C(Nc1ccccc1)c1ccccc1OCC(=O)N(C1CCCC1)[C@H]1CCS(=O)(=O)C1. The Kier molecular flexibility index (Phi) is 6.79. The Bertz CT molecular complexity index is 1060. The molecule has 0 bridgehead atoms. The number of anilines is 1. The Morgan fingerprint density at radius 3 is 2.31 bits per heavy atom. The third-order valence-corrected chi connectivity index (χ3v) is 7.87. The zero-order valence-electron chi connectivity index (χ0n) is 17.9. The highest BCUT2D eigenvalue weighted by Crippen LogP contribution is 2.29. The number of hydrogen-bond acceptors (Lipinski definition) is 5. The third-order valence-electron chi connectivity index (χ3n) is 6.12. The van der Waals surface area contributed by atoms with Crippen LogP contribution in [0.4, 0.5) is 5.69 Å². The number of sulfone groups is 1. The molecule has 4 rings (SSSR count). The van der Waals surface area contributed by atoms with Gasteiger partial charge < -0.3 is 15.0 Å². The molecular formula is C24H28N2O5S. The molecule has 32 heavy (non-hydrogen) atoms. The van der Waals surface area contributed by atoms with Crippen LogP contribution in [-0.4, -0.2) is 55.3 Å². The Balaban J connectivity index is 1.46. The quantitative estimate of drug-likeness (QED) is 0.690. The summed E-state index contributed by atoms with van der Waals surface area (Å²) in [7, 11) is -3.11. The van der Waals surface area contributed by atoms with E-state index in [-0.39, 0.29) is 42.0 Å². The minimum atomic E-state index is -3.11. The van der Waals surface area contributed by atoms with Gasteiger partial charge >= 0.3 is 0 Å². The predicted molar refractivity (Wildman–Crippen MR) is 122 cm³/mol. The zero-order valence-corrected chi connectivity index (χ0v) is 18.7. The number of rotatable bonds is 7. The Morgan fingerprint density at radius 1 is 0.938 bits per heavy atom. The molecule has 8 heteroatoms. The highest BCUT2D eigenvalue weighted by atomic mass is 32.2. The fourth-order valence-corrected chi connectivity index (χ4v) is 6.31. The van der Waals surface area contributed by atoms with E-state index in [1.165, 1.54) is 0 Å². The van der Waals surface area contributed by atoms with Crippen LogP contribution in [0.2, 0.25) is 0 Å². The van der Waals surface area contributed by atoms with Crippen molar-refractivity contribution < 1.29 is 22.7 Å². The highest BCUT2D eigenvalue weighted by Gasteiger charge is 2.39. The van der Waals surface area contributed by atoms with E-state index in [4.69, 9.17) is 4.74 Å². The largest absolute Gasteiger partial charge is 0.483 e. The van der Waals surface area contributed by atoms with E-state index in [0.29, 0.717) is 23.4 Å². The van der Waals surface area contributed by atoms with E-state index in [1.54, 1.807) is 41.3 Å². The van der Waals surface area contributed by atoms with Crippen molar-refractivity contribution in [2.45, 2.75) is 44.2 Å². The van der Waals surface area contributed by atoms with E-state index in [1.807, 2.05) is 18.2 Å². The molecule has 0 unspecified atom stereocenters. The number of hydrogen-bond donors (Lipinski definition) is 1. The lowest BCUT2D eigenvalue weighted by atomic mass is 10.1. The maximum absolute atomic E-state index is 13.2.